The van der Waals surface area contributed by atoms with E-state index in [9.17, 15) is 33.9 Å². The monoisotopic (exact) mass is 624 g/mol. The zero-order chi connectivity index (χ0) is 32.8. The number of carbonyl (C=O) groups excluding carboxylic acids is 5. The van der Waals surface area contributed by atoms with Crippen molar-refractivity contribution >= 4 is 46.4 Å². The number of hydrogen-bond donors (Lipinski definition) is 6. The molecule has 6 N–H and O–H groups in total. The molecule has 2 aliphatic heterocycles. The lowest BCUT2D eigenvalue weighted by atomic mass is 9.97. The molecule has 2 saturated heterocycles. The fourth-order valence-electron chi connectivity index (χ4n) is 6.07. The van der Waals surface area contributed by atoms with Gasteiger partial charge in [-0.2, -0.15) is 0 Å². The van der Waals surface area contributed by atoms with Crippen LogP contribution in [-0.2, 0) is 35.2 Å². The summed E-state index contributed by atoms with van der Waals surface area (Å²) < 4.78 is 0. The molecule has 0 saturated carbocycles. The van der Waals surface area contributed by atoms with E-state index in [1.54, 1.807) is 20.0 Å². The van der Waals surface area contributed by atoms with Crippen LogP contribution in [0, 0.1) is 11.8 Å². The number of carboxylic acids is 1. The van der Waals surface area contributed by atoms with E-state index >= 15 is 0 Å². The van der Waals surface area contributed by atoms with Gasteiger partial charge in [0.2, 0.25) is 29.5 Å². The Bertz CT molecular complexity index is 1440. The summed E-state index contributed by atoms with van der Waals surface area (Å²) in [4.78, 5) is 85.0. The Morgan fingerprint density at radius 3 is 2.22 bits per heavy atom. The molecular formula is C32H44N6O7. The fourth-order valence-corrected chi connectivity index (χ4v) is 6.07. The van der Waals surface area contributed by atoms with Crippen molar-refractivity contribution in [2.24, 2.45) is 11.8 Å². The maximum absolute atomic E-state index is 13.9. The molecule has 2 aromatic rings. The molecule has 2 fully saturated rings. The molecule has 4 rings (SSSR count). The average Bonchev–Trinajstić information content (AvgIpc) is 3.39. The Hall–Kier alpha value is -4.42. The van der Waals surface area contributed by atoms with Crippen LogP contribution in [0.1, 0.15) is 65.4 Å². The quantitative estimate of drug-likeness (QED) is 0.267. The van der Waals surface area contributed by atoms with Crippen molar-refractivity contribution in [3.8, 4) is 0 Å². The van der Waals surface area contributed by atoms with Gasteiger partial charge >= 0.3 is 5.97 Å². The normalized spacial score (nSPS) is 25.6. The van der Waals surface area contributed by atoms with E-state index in [1.807, 2.05) is 38.1 Å². The number of amides is 5. The van der Waals surface area contributed by atoms with Gasteiger partial charge in [-0.3, -0.25) is 28.8 Å². The summed E-state index contributed by atoms with van der Waals surface area (Å²) in [7, 11) is 0. The minimum absolute atomic E-state index is 0.00974. The third kappa shape index (κ3) is 8.20. The number of hydrogen-bond acceptors (Lipinski definition) is 6. The highest BCUT2D eigenvalue weighted by Crippen LogP contribution is 2.22. The Morgan fingerprint density at radius 2 is 1.53 bits per heavy atom. The summed E-state index contributed by atoms with van der Waals surface area (Å²) in [6.45, 7) is 7.51. The van der Waals surface area contributed by atoms with E-state index in [2.05, 4.69) is 26.3 Å². The standard InChI is InChI=1S/C32H44N6O7/c1-17(2)13-22-28(41)34-23(14-19-16-33-21-10-6-5-9-20(19)21)29(42)36-24(15-26(39)40)32(45)38-12-8-7-11-25(38)30(43)37-27(18(3)4)31(44)35-22/h5-6,9-10,16-18,22-25,27,33H,7-8,11-15H2,1-4H3,(H,34,41)(H,35,44)(H,36,42)(H,37,43)(H,39,40)/t22-,23+,24+,25-,27+/m0/s1. The summed E-state index contributed by atoms with van der Waals surface area (Å²) >= 11 is 0. The molecule has 0 radical (unpaired) electrons. The first-order valence-electron chi connectivity index (χ1n) is 15.6. The topological polar surface area (TPSA) is 190 Å². The Morgan fingerprint density at radius 1 is 0.867 bits per heavy atom. The molecule has 13 heteroatoms. The molecule has 0 spiro atoms. The number of fused-ring (bicyclic) bond motifs is 2. The maximum Gasteiger partial charge on any atom is 0.305 e. The Labute approximate surface area is 262 Å². The van der Waals surface area contributed by atoms with Crippen LogP contribution in [0.4, 0.5) is 0 Å². The number of para-hydroxylation sites is 1. The van der Waals surface area contributed by atoms with Gasteiger partial charge in [0, 0.05) is 30.1 Å². The zero-order valence-electron chi connectivity index (χ0n) is 26.2. The lowest BCUT2D eigenvalue weighted by Gasteiger charge is -2.37. The van der Waals surface area contributed by atoms with E-state index in [0.29, 0.717) is 19.3 Å². The van der Waals surface area contributed by atoms with Crippen molar-refractivity contribution in [2.75, 3.05) is 6.54 Å². The van der Waals surface area contributed by atoms with Crippen molar-refractivity contribution < 1.29 is 33.9 Å². The highest BCUT2D eigenvalue weighted by atomic mass is 16.4. The van der Waals surface area contributed by atoms with Crippen LogP contribution in [0.5, 0.6) is 0 Å². The second-order valence-corrected chi connectivity index (χ2v) is 12.7. The smallest absolute Gasteiger partial charge is 0.305 e. The van der Waals surface area contributed by atoms with E-state index in [0.717, 1.165) is 16.5 Å². The van der Waals surface area contributed by atoms with Crippen LogP contribution in [-0.4, -0.2) is 87.2 Å². The second-order valence-electron chi connectivity index (χ2n) is 12.7. The van der Waals surface area contributed by atoms with Gasteiger partial charge in [-0.05, 0) is 49.1 Å². The molecule has 2 aliphatic rings. The minimum Gasteiger partial charge on any atom is -0.481 e. The van der Waals surface area contributed by atoms with Crippen molar-refractivity contribution in [3.05, 3.63) is 36.0 Å². The van der Waals surface area contributed by atoms with Crippen LogP contribution in [0.2, 0.25) is 0 Å². The third-order valence-electron chi connectivity index (χ3n) is 8.40. The van der Waals surface area contributed by atoms with E-state index in [1.165, 1.54) is 4.90 Å². The second kappa shape index (κ2) is 14.6. The number of rotatable bonds is 7. The van der Waals surface area contributed by atoms with Gasteiger partial charge in [0.25, 0.3) is 0 Å². The predicted molar refractivity (Wildman–Crippen MR) is 166 cm³/mol. The highest BCUT2D eigenvalue weighted by Gasteiger charge is 2.40. The summed E-state index contributed by atoms with van der Waals surface area (Å²) in [6.07, 6.45) is 2.86. The van der Waals surface area contributed by atoms with Gasteiger partial charge in [0.05, 0.1) is 6.42 Å². The first-order chi connectivity index (χ1) is 21.3. The summed E-state index contributed by atoms with van der Waals surface area (Å²) in [5, 5.41) is 21.5. The van der Waals surface area contributed by atoms with Crippen LogP contribution in [0.15, 0.2) is 30.5 Å². The maximum atomic E-state index is 13.9. The predicted octanol–water partition coefficient (Wildman–Crippen LogP) is 1.22. The number of aliphatic carboxylic acids is 1. The molecule has 0 aliphatic carbocycles. The van der Waals surface area contributed by atoms with Gasteiger partial charge in [-0.15, -0.1) is 0 Å². The number of aromatic amines is 1. The van der Waals surface area contributed by atoms with E-state index in [4.69, 9.17) is 0 Å². The zero-order valence-corrected chi connectivity index (χ0v) is 26.2. The molecule has 45 heavy (non-hydrogen) atoms. The lowest BCUT2D eigenvalue weighted by molar-refractivity contribution is -0.149. The molecule has 13 nitrogen and oxygen atoms in total. The average molecular weight is 625 g/mol. The van der Waals surface area contributed by atoms with Gasteiger partial charge in [-0.25, -0.2) is 0 Å². The first kappa shape index (κ1) is 33.5. The number of benzene rings is 1. The van der Waals surface area contributed by atoms with Gasteiger partial charge < -0.3 is 36.3 Å². The van der Waals surface area contributed by atoms with E-state index < -0.39 is 72.1 Å². The Balaban J connectivity index is 1.77. The van der Waals surface area contributed by atoms with Crippen LogP contribution in [0.3, 0.4) is 0 Å². The summed E-state index contributed by atoms with van der Waals surface area (Å²) in [6, 6.07) is 1.78. The number of piperidine rings is 1. The SMILES string of the molecule is CC(C)C[C@@H]1NC(=O)[C@@H](C(C)C)NC(=O)[C@@H]2CCCCN2C(=O)[C@@H](CC(=O)O)NC(=O)[C@@H](Cc2c[nH]c3ccccc23)NC1=O. The number of carboxylic acid groups (broad SMARTS) is 1. The van der Waals surface area contributed by atoms with Gasteiger partial charge in [0.1, 0.15) is 30.2 Å². The van der Waals surface area contributed by atoms with Crippen LogP contribution in [0.25, 0.3) is 10.9 Å². The lowest BCUT2D eigenvalue weighted by Crippen LogP contribution is -2.61. The van der Waals surface area contributed by atoms with Gasteiger partial charge in [-0.1, -0.05) is 45.9 Å². The van der Waals surface area contributed by atoms with Gasteiger partial charge in [0.15, 0.2) is 0 Å². The number of carbonyl (C=O) groups is 6. The molecule has 1 aromatic heterocycles. The molecule has 1 aromatic carbocycles. The molecule has 5 amide bonds. The Kier molecular flexibility index (Phi) is 10.8. The highest BCUT2D eigenvalue weighted by molar-refractivity contribution is 5.99. The van der Waals surface area contributed by atoms with Crippen LogP contribution >= 0.6 is 0 Å². The van der Waals surface area contributed by atoms with Crippen LogP contribution < -0.4 is 21.3 Å². The number of nitrogens with zero attached hydrogens (tertiary/aromatic N) is 1. The molecule has 5 atom stereocenters. The van der Waals surface area contributed by atoms with Crippen molar-refractivity contribution in [1.82, 2.24) is 31.2 Å². The molecule has 244 valence electrons. The number of H-pyrrole nitrogens is 1. The summed E-state index contributed by atoms with van der Waals surface area (Å²) in [5.41, 5.74) is 1.55. The third-order valence-corrected chi connectivity index (χ3v) is 8.40. The van der Waals surface area contributed by atoms with Crippen molar-refractivity contribution in [1.29, 1.82) is 0 Å². The van der Waals surface area contributed by atoms with E-state index in [-0.39, 0.29) is 31.2 Å². The molecule has 0 unspecified atom stereocenters. The largest absolute Gasteiger partial charge is 0.481 e. The minimum atomic E-state index is -1.48. The number of aromatic nitrogens is 1. The fraction of sp³-hybridized carbons (Fsp3) is 0.562. The molecule has 3 heterocycles. The van der Waals surface area contributed by atoms with Crippen molar-refractivity contribution in [2.45, 2.75) is 96.4 Å². The summed E-state index contributed by atoms with van der Waals surface area (Å²) in [5.74, 6) is -4.84. The molecule has 0 bridgehead atoms. The number of nitrogens with one attached hydrogen (secondary N) is 5. The first-order valence-corrected chi connectivity index (χ1v) is 15.6. The van der Waals surface area contributed by atoms with Crippen molar-refractivity contribution in [3.63, 3.8) is 0 Å². The molecular weight excluding hydrogens is 580 g/mol.